The Balaban J connectivity index is 1.50. The Bertz CT molecular complexity index is 1520. The summed E-state index contributed by atoms with van der Waals surface area (Å²) in [5.41, 5.74) is 9.98. The standard InChI is InChI=1S/C27H34N8O3/c1-32(2)12-13-33(3)22-16-24(38-5)20(15-19(22)28)30-26-29-11-10-25(31-26)35-21-9-8-18(37-4)14-23(21)34(27(35)36)17-6-7-17/h8-11,14-17H,6-7,12-13,28H2,1-5H3,(H,29,30,31). The van der Waals surface area contributed by atoms with Gasteiger partial charge in [0.2, 0.25) is 5.95 Å². The van der Waals surface area contributed by atoms with Crippen LogP contribution in [0.5, 0.6) is 11.5 Å². The van der Waals surface area contributed by atoms with E-state index in [1.165, 1.54) is 0 Å². The summed E-state index contributed by atoms with van der Waals surface area (Å²) < 4.78 is 14.5. The molecule has 0 amide bonds. The maximum atomic E-state index is 13.5. The maximum absolute atomic E-state index is 13.5. The number of hydrogen-bond acceptors (Lipinski definition) is 9. The Labute approximate surface area is 221 Å². The van der Waals surface area contributed by atoms with E-state index in [1.54, 1.807) is 31.0 Å². The summed E-state index contributed by atoms with van der Waals surface area (Å²) in [4.78, 5) is 26.8. The van der Waals surface area contributed by atoms with Crippen LogP contribution in [0.25, 0.3) is 16.9 Å². The van der Waals surface area contributed by atoms with Crippen molar-refractivity contribution in [1.29, 1.82) is 0 Å². The summed E-state index contributed by atoms with van der Waals surface area (Å²) in [5, 5.41) is 3.22. The molecule has 4 aromatic rings. The normalized spacial score (nSPS) is 13.2. The van der Waals surface area contributed by atoms with Crippen molar-refractivity contribution < 1.29 is 9.47 Å². The molecular weight excluding hydrogens is 484 g/mol. The Hall–Kier alpha value is -4.25. The van der Waals surface area contributed by atoms with Crippen LogP contribution < -0.4 is 31.1 Å². The minimum absolute atomic E-state index is 0.132. The molecule has 2 aromatic carbocycles. The molecule has 38 heavy (non-hydrogen) atoms. The van der Waals surface area contributed by atoms with Crippen LogP contribution >= 0.6 is 0 Å². The second-order valence-electron chi connectivity index (χ2n) is 9.77. The van der Waals surface area contributed by atoms with E-state index in [4.69, 9.17) is 15.2 Å². The smallest absolute Gasteiger partial charge is 0.335 e. The Morgan fingerprint density at radius 1 is 1.05 bits per heavy atom. The van der Waals surface area contributed by atoms with Gasteiger partial charge in [-0.3, -0.25) is 4.57 Å². The fourth-order valence-electron chi connectivity index (χ4n) is 4.54. The highest BCUT2D eigenvalue weighted by Gasteiger charge is 2.30. The Morgan fingerprint density at radius 3 is 2.53 bits per heavy atom. The first-order valence-electron chi connectivity index (χ1n) is 12.6. The van der Waals surface area contributed by atoms with Crippen molar-refractivity contribution in [3.8, 4) is 17.3 Å². The van der Waals surface area contributed by atoms with Crippen LogP contribution in [0, 0.1) is 0 Å². The first kappa shape index (κ1) is 25.4. The Morgan fingerprint density at radius 2 is 1.84 bits per heavy atom. The van der Waals surface area contributed by atoms with Gasteiger partial charge in [-0.15, -0.1) is 0 Å². The number of anilines is 4. The van der Waals surface area contributed by atoms with Crippen LogP contribution in [0.15, 0.2) is 47.4 Å². The number of likely N-dealkylation sites (N-methyl/N-ethyl adjacent to an activating group) is 2. The van der Waals surface area contributed by atoms with Gasteiger partial charge in [0.25, 0.3) is 0 Å². The summed E-state index contributed by atoms with van der Waals surface area (Å²) in [6, 6.07) is 11.3. The molecule has 0 unspecified atom stereocenters. The molecule has 1 aliphatic rings. The Kier molecular flexibility index (Phi) is 6.85. The van der Waals surface area contributed by atoms with Gasteiger partial charge >= 0.3 is 5.69 Å². The second-order valence-corrected chi connectivity index (χ2v) is 9.77. The number of nitrogens with one attached hydrogen (secondary N) is 1. The zero-order valence-electron chi connectivity index (χ0n) is 22.4. The van der Waals surface area contributed by atoms with Crippen LogP contribution in [-0.4, -0.2) is 72.5 Å². The number of rotatable bonds is 10. The molecule has 0 spiro atoms. The largest absolute Gasteiger partial charge is 0.497 e. The summed E-state index contributed by atoms with van der Waals surface area (Å²) in [5.74, 6) is 2.10. The highest BCUT2D eigenvalue weighted by Crippen LogP contribution is 2.38. The van der Waals surface area contributed by atoms with E-state index in [1.807, 2.05) is 56.0 Å². The van der Waals surface area contributed by atoms with E-state index in [-0.39, 0.29) is 11.7 Å². The van der Waals surface area contributed by atoms with Gasteiger partial charge in [-0.1, -0.05) is 0 Å². The lowest BCUT2D eigenvalue weighted by atomic mass is 10.2. The number of ether oxygens (including phenoxy) is 2. The monoisotopic (exact) mass is 518 g/mol. The summed E-state index contributed by atoms with van der Waals surface area (Å²) in [6.45, 7) is 1.70. The van der Waals surface area contributed by atoms with Gasteiger partial charge in [-0.05, 0) is 45.1 Å². The van der Waals surface area contributed by atoms with Crippen molar-refractivity contribution in [1.82, 2.24) is 24.0 Å². The van der Waals surface area contributed by atoms with Crippen molar-refractivity contribution in [2.24, 2.45) is 0 Å². The molecule has 2 heterocycles. The van der Waals surface area contributed by atoms with Crippen LogP contribution in [0.4, 0.5) is 23.0 Å². The van der Waals surface area contributed by atoms with Gasteiger partial charge in [0.05, 0.1) is 42.3 Å². The molecule has 1 saturated carbocycles. The molecule has 2 aromatic heterocycles. The van der Waals surface area contributed by atoms with E-state index < -0.39 is 0 Å². The number of benzene rings is 2. The topological polar surface area (TPSA) is 116 Å². The summed E-state index contributed by atoms with van der Waals surface area (Å²) >= 11 is 0. The molecular formula is C27H34N8O3. The summed E-state index contributed by atoms with van der Waals surface area (Å²) in [7, 11) is 9.30. The number of hydrogen-bond donors (Lipinski definition) is 2. The van der Waals surface area contributed by atoms with Crippen molar-refractivity contribution >= 4 is 34.0 Å². The van der Waals surface area contributed by atoms with E-state index in [2.05, 4.69) is 25.1 Å². The highest BCUT2D eigenvalue weighted by atomic mass is 16.5. The van der Waals surface area contributed by atoms with Crippen LogP contribution in [-0.2, 0) is 0 Å². The molecule has 1 fully saturated rings. The number of nitrogen functional groups attached to an aromatic ring is 1. The molecule has 0 atom stereocenters. The van der Waals surface area contributed by atoms with E-state index >= 15 is 0 Å². The predicted molar refractivity (Wildman–Crippen MR) is 150 cm³/mol. The van der Waals surface area contributed by atoms with Crippen molar-refractivity contribution in [3.63, 3.8) is 0 Å². The quantitative estimate of drug-likeness (QED) is 0.305. The maximum Gasteiger partial charge on any atom is 0.335 e. The molecule has 11 heteroatoms. The number of methoxy groups -OCH3 is 2. The van der Waals surface area contributed by atoms with E-state index in [9.17, 15) is 4.79 Å². The van der Waals surface area contributed by atoms with Gasteiger partial charge in [0.15, 0.2) is 0 Å². The van der Waals surface area contributed by atoms with Gasteiger partial charge < -0.3 is 30.3 Å². The van der Waals surface area contributed by atoms with E-state index in [0.717, 1.165) is 42.7 Å². The van der Waals surface area contributed by atoms with Crippen LogP contribution in [0.1, 0.15) is 18.9 Å². The first-order chi connectivity index (χ1) is 18.3. The fraction of sp³-hybridized carbons (Fsp3) is 0.370. The van der Waals surface area contributed by atoms with Crippen molar-refractivity contribution in [2.75, 3.05) is 64.4 Å². The molecule has 0 aliphatic heterocycles. The third kappa shape index (κ3) is 4.84. The molecule has 1 aliphatic carbocycles. The predicted octanol–water partition coefficient (Wildman–Crippen LogP) is 3.26. The minimum Gasteiger partial charge on any atom is -0.497 e. The third-order valence-corrected chi connectivity index (χ3v) is 6.75. The van der Waals surface area contributed by atoms with Gasteiger partial charge in [-0.2, -0.15) is 4.98 Å². The number of nitrogens with zero attached hydrogens (tertiary/aromatic N) is 6. The molecule has 0 bridgehead atoms. The minimum atomic E-state index is -0.132. The lowest BCUT2D eigenvalue weighted by Crippen LogP contribution is -2.29. The van der Waals surface area contributed by atoms with Crippen molar-refractivity contribution in [3.05, 3.63) is 53.1 Å². The number of nitrogens with two attached hydrogens (primary N) is 1. The molecule has 0 radical (unpaired) electrons. The SMILES string of the molecule is COc1ccc2c(c1)n(C1CC1)c(=O)n2-c1ccnc(Nc2cc(N)c(N(C)CCN(C)C)cc2OC)n1. The lowest BCUT2D eigenvalue weighted by molar-refractivity contribution is 0.413. The molecule has 5 rings (SSSR count). The number of fused-ring (bicyclic) bond motifs is 1. The van der Waals surface area contributed by atoms with Gasteiger partial charge in [0, 0.05) is 50.6 Å². The molecule has 0 saturated heterocycles. The molecule has 200 valence electrons. The van der Waals surface area contributed by atoms with Crippen molar-refractivity contribution in [2.45, 2.75) is 18.9 Å². The van der Waals surface area contributed by atoms with Gasteiger partial charge in [0.1, 0.15) is 17.3 Å². The fourth-order valence-corrected chi connectivity index (χ4v) is 4.54. The second kappa shape index (κ2) is 10.3. The number of aromatic nitrogens is 4. The average molecular weight is 519 g/mol. The zero-order valence-corrected chi connectivity index (χ0v) is 22.4. The average Bonchev–Trinajstić information content (AvgIpc) is 3.69. The van der Waals surface area contributed by atoms with Gasteiger partial charge in [-0.25, -0.2) is 14.3 Å². The van der Waals surface area contributed by atoms with Crippen LogP contribution in [0.3, 0.4) is 0 Å². The third-order valence-electron chi connectivity index (χ3n) is 6.75. The van der Waals surface area contributed by atoms with Crippen LogP contribution in [0.2, 0.25) is 0 Å². The molecule has 11 nitrogen and oxygen atoms in total. The summed E-state index contributed by atoms with van der Waals surface area (Å²) in [6.07, 6.45) is 3.59. The molecule has 3 N–H and O–H groups in total. The lowest BCUT2D eigenvalue weighted by Gasteiger charge is -2.24. The highest BCUT2D eigenvalue weighted by molar-refractivity contribution is 5.81. The zero-order chi connectivity index (χ0) is 27.0. The van der Waals surface area contributed by atoms with E-state index in [0.29, 0.717) is 34.6 Å². The first-order valence-corrected chi connectivity index (χ1v) is 12.6. The number of imidazole rings is 1.